The zero-order valence-corrected chi connectivity index (χ0v) is 14.4. The SMILES string of the molecule is Cc1cc(Br)ccc1NC(=O)/C=C/c1ccc(Cl)c([N+](=O)[O-])c1. The molecule has 0 aliphatic heterocycles. The fourth-order valence-corrected chi connectivity index (χ4v) is 2.55. The van der Waals surface area contributed by atoms with Crippen LogP contribution in [0.2, 0.25) is 5.02 Å². The maximum Gasteiger partial charge on any atom is 0.288 e. The molecule has 2 aromatic carbocycles. The van der Waals surface area contributed by atoms with Crippen LogP contribution in [0.25, 0.3) is 6.08 Å². The number of benzene rings is 2. The minimum absolute atomic E-state index is 0.0575. The highest BCUT2D eigenvalue weighted by Gasteiger charge is 2.11. The van der Waals surface area contributed by atoms with E-state index in [1.165, 1.54) is 24.3 Å². The van der Waals surface area contributed by atoms with Crippen LogP contribution < -0.4 is 5.32 Å². The molecule has 0 bridgehead atoms. The zero-order chi connectivity index (χ0) is 17.0. The van der Waals surface area contributed by atoms with E-state index in [1.807, 2.05) is 19.1 Å². The Balaban J connectivity index is 2.12. The van der Waals surface area contributed by atoms with Crippen LogP contribution >= 0.6 is 27.5 Å². The van der Waals surface area contributed by atoms with E-state index in [9.17, 15) is 14.9 Å². The summed E-state index contributed by atoms with van der Waals surface area (Å²) in [6.45, 7) is 1.88. The number of rotatable bonds is 4. The van der Waals surface area contributed by atoms with Gasteiger partial charge in [0.25, 0.3) is 5.69 Å². The fourth-order valence-electron chi connectivity index (χ4n) is 1.89. The molecule has 23 heavy (non-hydrogen) atoms. The van der Waals surface area contributed by atoms with Crippen LogP contribution in [0.1, 0.15) is 11.1 Å². The minimum atomic E-state index is -0.565. The Hall–Kier alpha value is -2.18. The fraction of sp³-hybridized carbons (Fsp3) is 0.0625. The Kier molecular flexibility index (Phi) is 5.52. The van der Waals surface area contributed by atoms with Gasteiger partial charge in [-0.1, -0.05) is 33.6 Å². The summed E-state index contributed by atoms with van der Waals surface area (Å²) in [5.41, 5.74) is 1.94. The Morgan fingerprint density at radius 2 is 2.04 bits per heavy atom. The molecule has 0 spiro atoms. The Labute approximate surface area is 146 Å². The van der Waals surface area contributed by atoms with Crippen molar-refractivity contribution >= 4 is 50.9 Å². The summed E-state index contributed by atoms with van der Waals surface area (Å²) >= 11 is 9.10. The zero-order valence-electron chi connectivity index (χ0n) is 12.0. The van der Waals surface area contributed by atoms with Gasteiger partial charge in [0.05, 0.1) is 4.92 Å². The van der Waals surface area contributed by atoms with Crippen molar-refractivity contribution in [2.75, 3.05) is 5.32 Å². The molecule has 118 valence electrons. The average molecular weight is 396 g/mol. The number of nitrogens with one attached hydrogen (secondary N) is 1. The maximum atomic E-state index is 11.9. The predicted molar refractivity (Wildman–Crippen MR) is 94.6 cm³/mol. The number of anilines is 1. The van der Waals surface area contributed by atoms with E-state index in [2.05, 4.69) is 21.2 Å². The highest BCUT2D eigenvalue weighted by molar-refractivity contribution is 9.10. The first-order valence-corrected chi connectivity index (χ1v) is 7.73. The second-order valence-electron chi connectivity index (χ2n) is 4.75. The monoisotopic (exact) mass is 394 g/mol. The van der Waals surface area contributed by atoms with Gasteiger partial charge in [-0.15, -0.1) is 0 Å². The lowest BCUT2D eigenvalue weighted by molar-refractivity contribution is -0.384. The van der Waals surface area contributed by atoms with Gasteiger partial charge in [0, 0.05) is 22.3 Å². The molecule has 0 aliphatic carbocycles. The van der Waals surface area contributed by atoms with E-state index in [0.717, 1.165) is 10.0 Å². The molecule has 1 N–H and O–H groups in total. The quantitative estimate of drug-likeness (QED) is 0.451. The molecule has 0 saturated heterocycles. The number of amides is 1. The number of aryl methyl sites for hydroxylation is 1. The van der Waals surface area contributed by atoms with E-state index in [4.69, 9.17) is 11.6 Å². The van der Waals surface area contributed by atoms with Gasteiger partial charge >= 0.3 is 0 Å². The van der Waals surface area contributed by atoms with Gasteiger partial charge in [0.1, 0.15) is 5.02 Å². The van der Waals surface area contributed by atoms with Crippen molar-refractivity contribution in [3.63, 3.8) is 0 Å². The normalized spacial score (nSPS) is 10.7. The van der Waals surface area contributed by atoms with Gasteiger partial charge in [-0.2, -0.15) is 0 Å². The van der Waals surface area contributed by atoms with Crippen molar-refractivity contribution in [2.45, 2.75) is 6.92 Å². The standard InChI is InChI=1S/C16H12BrClN2O3/c1-10-8-12(17)4-6-14(10)19-16(21)7-3-11-2-5-13(18)15(9-11)20(22)23/h2-9H,1H3,(H,19,21)/b7-3+. The van der Waals surface area contributed by atoms with Crippen LogP contribution in [-0.2, 0) is 4.79 Å². The van der Waals surface area contributed by atoms with Crippen molar-refractivity contribution in [3.05, 3.63) is 73.2 Å². The van der Waals surface area contributed by atoms with Crippen LogP contribution in [0.15, 0.2) is 46.9 Å². The number of carbonyl (C=O) groups excluding carboxylic acids is 1. The summed E-state index contributed by atoms with van der Waals surface area (Å²) in [6, 6.07) is 9.85. The van der Waals surface area contributed by atoms with Crippen LogP contribution in [-0.4, -0.2) is 10.8 Å². The molecule has 0 fully saturated rings. The van der Waals surface area contributed by atoms with E-state index in [0.29, 0.717) is 11.3 Å². The summed E-state index contributed by atoms with van der Waals surface area (Å²) in [4.78, 5) is 22.2. The van der Waals surface area contributed by atoms with E-state index in [1.54, 1.807) is 12.1 Å². The predicted octanol–water partition coefficient (Wildman–Crippen LogP) is 4.97. The molecular weight excluding hydrogens is 384 g/mol. The summed E-state index contributed by atoms with van der Waals surface area (Å²) in [6.07, 6.45) is 2.81. The topological polar surface area (TPSA) is 72.2 Å². The number of halogens is 2. The molecule has 2 aromatic rings. The molecule has 1 amide bonds. The molecular formula is C16H12BrClN2O3. The van der Waals surface area contributed by atoms with Gasteiger partial charge in [-0.3, -0.25) is 14.9 Å². The first-order chi connectivity index (χ1) is 10.9. The molecule has 0 saturated carbocycles. The lowest BCUT2D eigenvalue weighted by Crippen LogP contribution is -2.08. The molecule has 0 radical (unpaired) electrons. The molecule has 5 nitrogen and oxygen atoms in total. The highest BCUT2D eigenvalue weighted by atomic mass is 79.9. The minimum Gasteiger partial charge on any atom is -0.322 e. The molecule has 0 aromatic heterocycles. The van der Waals surface area contributed by atoms with Gasteiger partial charge in [0.2, 0.25) is 5.91 Å². The smallest absolute Gasteiger partial charge is 0.288 e. The third kappa shape index (κ3) is 4.64. The molecule has 2 rings (SSSR count). The summed E-state index contributed by atoms with van der Waals surface area (Å²) < 4.78 is 0.928. The Bertz CT molecular complexity index is 806. The number of hydrogen-bond donors (Lipinski definition) is 1. The molecule has 0 atom stereocenters. The number of nitro benzene ring substituents is 1. The van der Waals surface area contributed by atoms with E-state index >= 15 is 0 Å². The highest BCUT2D eigenvalue weighted by Crippen LogP contribution is 2.25. The van der Waals surface area contributed by atoms with Crippen molar-refractivity contribution in [1.82, 2.24) is 0 Å². The largest absolute Gasteiger partial charge is 0.322 e. The molecule has 7 heteroatoms. The van der Waals surface area contributed by atoms with Crippen molar-refractivity contribution in [2.24, 2.45) is 0 Å². The third-order valence-electron chi connectivity index (χ3n) is 3.04. The van der Waals surface area contributed by atoms with Crippen LogP contribution in [0.5, 0.6) is 0 Å². The van der Waals surface area contributed by atoms with Crippen molar-refractivity contribution in [3.8, 4) is 0 Å². The second kappa shape index (κ2) is 7.39. The molecule has 0 heterocycles. The van der Waals surface area contributed by atoms with E-state index in [-0.39, 0.29) is 16.6 Å². The summed E-state index contributed by atoms with van der Waals surface area (Å²) in [7, 11) is 0. The van der Waals surface area contributed by atoms with Crippen molar-refractivity contribution < 1.29 is 9.72 Å². The van der Waals surface area contributed by atoms with Crippen LogP contribution in [0.3, 0.4) is 0 Å². The van der Waals surface area contributed by atoms with Crippen LogP contribution in [0.4, 0.5) is 11.4 Å². The number of carbonyl (C=O) groups is 1. The average Bonchev–Trinajstić information content (AvgIpc) is 2.49. The molecule has 0 unspecified atom stereocenters. The third-order valence-corrected chi connectivity index (χ3v) is 3.85. The second-order valence-corrected chi connectivity index (χ2v) is 6.07. The lowest BCUT2D eigenvalue weighted by atomic mass is 10.2. The number of nitro groups is 1. The lowest BCUT2D eigenvalue weighted by Gasteiger charge is -2.06. The number of hydrogen-bond acceptors (Lipinski definition) is 3. The van der Waals surface area contributed by atoms with Gasteiger partial charge in [-0.25, -0.2) is 0 Å². The van der Waals surface area contributed by atoms with Gasteiger partial charge in [-0.05, 0) is 48.4 Å². The molecule has 0 aliphatic rings. The Morgan fingerprint density at radius 3 is 2.70 bits per heavy atom. The maximum absolute atomic E-state index is 11.9. The van der Waals surface area contributed by atoms with E-state index < -0.39 is 4.92 Å². The van der Waals surface area contributed by atoms with Crippen molar-refractivity contribution in [1.29, 1.82) is 0 Å². The van der Waals surface area contributed by atoms with Crippen LogP contribution in [0, 0.1) is 17.0 Å². The first-order valence-electron chi connectivity index (χ1n) is 6.56. The summed E-state index contributed by atoms with van der Waals surface area (Å²) in [5.74, 6) is -0.326. The summed E-state index contributed by atoms with van der Waals surface area (Å²) in [5, 5.41) is 13.6. The Morgan fingerprint density at radius 1 is 1.30 bits per heavy atom. The number of nitrogens with zero attached hydrogens (tertiary/aromatic N) is 1. The first kappa shape index (κ1) is 17.2. The van der Waals surface area contributed by atoms with Gasteiger partial charge in [0.15, 0.2) is 0 Å². The van der Waals surface area contributed by atoms with Gasteiger partial charge < -0.3 is 5.32 Å².